The van der Waals surface area contributed by atoms with Crippen LogP contribution in [0.1, 0.15) is 0 Å². The number of likely N-dealkylation sites (N-methyl/N-ethyl adjacent to an activating group) is 1. The van der Waals surface area contributed by atoms with Gasteiger partial charge in [-0.2, -0.15) is 0 Å². The molecule has 0 amide bonds. The summed E-state index contributed by atoms with van der Waals surface area (Å²) in [5.74, 6) is 0. The number of hydrogen-bond acceptors (Lipinski definition) is 7. The first-order chi connectivity index (χ1) is 9.68. The molecule has 0 aliphatic carbocycles. The molecule has 0 saturated carbocycles. The fourth-order valence-corrected chi connectivity index (χ4v) is 1.69. The van der Waals surface area contributed by atoms with Gasteiger partial charge in [-0.05, 0) is 0 Å². The van der Waals surface area contributed by atoms with Crippen molar-refractivity contribution in [2.24, 2.45) is 0 Å². The predicted molar refractivity (Wildman–Crippen MR) is 76.4 cm³/mol. The highest BCUT2D eigenvalue weighted by molar-refractivity contribution is 4.43. The first-order valence-electron chi connectivity index (χ1n) is 7.08. The Kier molecular flexibility index (Phi) is 17.6. The Morgan fingerprint density at radius 2 is 0.905 bits per heavy atom. The van der Waals surface area contributed by atoms with Crippen LogP contribution < -0.4 is 0 Å². The summed E-state index contributed by atoms with van der Waals surface area (Å²) in [6, 6.07) is 0. The molecule has 0 aromatic carbocycles. The molecule has 0 aliphatic heterocycles. The Hall–Kier alpha value is -0.320. The Morgan fingerprint density at radius 3 is 1.14 bits per heavy atom. The minimum atomic E-state index is 0. The van der Waals surface area contributed by atoms with Crippen molar-refractivity contribution in [3.8, 4) is 0 Å². The monoisotopic (exact) mass is 313 g/mol. The van der Waals surface area contributed by atoms with E-state index in [1.165, 1.54) is 0 Å². The van der Waals surface area contributed by atoms with Gasteiger partial charge >= 0.3 is 0 Å². The first-order valence-corrected chi connectivity index (χ1v) is 7.08. The predicted octanol–water partition coefficient (Wildman–Crippen LogP) is -1.72. The molecule has 0 atom stereocenters. The molecule has 0 unspecified atom stereocenters. The van der Waals surface area contributed by atoms with Crippen molar-refractivity contribution < 1.29 is 39.5 Å². The van der Waals surface area contributed by atoms with E-state index in [2.05, 4.69) is 7.05 Å². The van der Waals surface area contributed by atoms with Crippen LogP contribution in [0.25, 0.3) is 0 Å². The molecule has 4 N–H and O–H groups in total. The number of nitrogens with zero attached hydrogens (tertiary/aromatic N) is 1. The van der Waals surface area contributed by atoms with Crippen LogP contribution in [0.2, 0.25) is 0 Å². The largest absolute Gasteiger partial charge is 0.870 e. The highest BCUT2D eigenvalue weighted by Crippen LogP contribution is 2.03. The van der Waals surface area contributed by atoms with Crippen LogP contribution in [0, 0.1) is 0 Å². The van der Waals surface area contributed by atoms with E-state index in [0.29, 0.717) is 39.6 Å². The molecule has 0 aromatic rings. The summed E-state index contributed by atoms with van der Waals surface area (Å²) in [5.41, 5.74) is 0. The SMILES string of the molecule is C[N+](CCOCCO)(CCOCCO)CCOCCO.[OH-]. The molecule has 0 radical (unpaired) electrons. The molecule has 0 fully saturated rings. The van der Waals surface area contributed by atoms with E-state index in [0.717, 1.165) is 24.1 Å². The van der Waals surface area contributed by atoms with Gasteiger partial charge in [0.1, 0.15) is 19.6 Å². The minimum Gasteiger partial charge on any atom is -0.870 e. The van der Waals surface area contributed by atoms with Crippen LogP contribution in [0.5, 0.6) is 0 Å². The van der Waals surface area contributed by atoms with Gasteiger partial charge < -0.3 is 39.5 Å². The van der Waals surface area contributed by atoms with Crippen LogP contribution in [0.15, 0.2) is 0 Å². The standard InChI is InChI=1S/C13H30NO6.H2O/c1-14(2-8-18-11-5-15,3-9-19-12-6-16)4-10-20-13-7-17;/h15-17H,2-13H2,1H3;1H2/q+1;/p-1. The minimum absolute atomic E-state index is 0. The van der Waals surface area contributed by atoms with Crippen LogP contribution in [-0.4, -0.2) is 111 Å². The van der Waals surface area contributed by atoms with E-state index in [1.54, 1.807) is 0 Å². The van der Waals surface area contributed by atoms with Gasteiger partial charge in [-0.3, -0.25) is 0 Å². The molecule has 21 heavy (non-hydrogen) atoms. The van der Waals surface area contributed by atoms with Gasteiger partial charge in [-0.1, -0.05) is 0 Å². The van der Waals surface area contributed by atoms with Crippen molar-refractivity contribution in [3.63, 3.8) is 0 Å². The number of hydrogen-bond donors (Lipinski definition) is 3. The fourth-order valence-electron chi connectivity index (χ4n) is 1.69. The molecule has 0 heterocycles. The van der Waals surface area contributed by atoms with Gasteiger partial charge in [-0.25, -0.2) is 0 Å². The van der Waals surface area contributed by atoms with Crippen LogP contribution in [0.4, 0.5) is 0 Å². The van der Waals surface area contributed by atoms with Gasteiger partial charge in [0, 0.05) is 0 Å². The van der Waals surface area contributed by atoms with E-state index >= 15 is 0 Å². The molecular formula is C13H31NO7. The summed E-state index contributed by atoms with van der Waals surface area (Å²) in [6.45, 7) is 5.23. The zero-order valence-corrected chi connectivity index (χ0v) is 12.9. The third kappa shape index (κ3) is 14.4. The zero-order valence-electron chi connectivity index (χ0n) is 12.9. The lowest BCUT2D eigenvalue weighted by molar-refractivity contribution is -0.910. The average Bonchev–Trinajstić information content (AvgIpc) is 2.45. The van der Waals surface area contributed by atoms with E-state index in [4.69, 9.17) is 29.5 Å². The number of quaternary nitrogens is 1. The Balaban J connectivity index is 0. The van der Waals surface area contributed by atoms with E-state index in [-0.39, 0.29) is 25.3 Å². The van der Waals surface area contributed by atoms with Crippen LogP contribution >= 0.6 is 0 Å². The van der Waals surface area contributed by atoms with E-state index < -0.39 is 0 Å². The molecule has 0 spiro atoms. The summed E-state index contributed by atoms with van der Waals surface area (Å²) >= 11 is 0. The Bertz CT molecular complexity index is 176. The average molecular weight is 313 g/mol. The summed E-state index contributed by atoms with van der Waals surface area (Å²) in [7, 11) is 2.09. The zero-order chi connectivity index (χ0) is 15.1. The maximum absolute atomic E-state index is 8.68. The summed E-state index contributed by atoms with van der Waals surface area (Å²) in [5, 5.41) is 26.0. The summed E-state index contributed by atoms with van der Waals surface area (Å²) < 4.78 is 16.6. The van der Waals surface area contributed by atoms with Gasteiger partial charge in [0.2, 0.25) is 0 Å². The van der Waals surface area contributed by atoms with Gasteiger partial charge in [0.05, 0.1) is 66.5 Å². The number of ether oxygens (including phenoxy) is 3. The molecule has 8 nitrogen and oxygen atoms in total. The third-order valence-electron chi connectivity index (χ3n) is 3.03. The molecule has 0 aromatic heterocycles. The lowest BCUT2D eigenvalue weighted by Gasteiger charge is -2.34. The summed E-state index contributed by atoms with van der Waals surface area (Å²) in [4.78, 5) is 0. The van der Waals surface area contributed by atoms with Crippen molar-refractivity contribution >= 4 is 0 Å². The number of aliphatic hydroxyl groups is 3. The third-order valence-corrected chi connectivity index (χ3v) is 3.03. The van der Waals surface area contributed by atoms with Crippen molar-refractivity contribution in [1.29, 1.82) is 0 Å². The van der Waals surface area contributed by atoms with E-state index in [9.17, 15) is 0 Å². The van der Waals surface area contributed by atoms with Crippen molar-refractivity contribution in [1.82, 2.24) is 0 Å². The number of aliphatic hydroxyl groups excluding tert-OH is 3. The second kappa shape index (κ2) is 16.1. The highest BCUT2D eigenvalue weighted by Gasteiger charge is 2.21. The molecule has 0 aliphatic rings. The maximum Gasteiger partial charge on any atom is 0.102 e. The molecule has 0 bridgehead atoms. The quantitative estimate of drug-likeness (QED) is 0.243. The molecule has 8 heteroatoms. The van der Waals surface area contributed by atoms with Gasteiger partial charge in [-0.15, -0.1) is 0 Å². The molecule has 0 rings (SSSR count). The summed E-state index contributed by atoms with van der Waals surface area (Å²) in [6.07, 6.45) is 0. The molecule has 0 saturated heterocycles. The second-order valence-electron chi connectivity index (χ2n) is 4.80. The van der Waals surface area contributed by atoms with Gasteiger partial charge in [0.15, 0.2) is 0 Å². The van der Waals surface area contributed by atoms with E-state index in [1.807, 2.05) is 0 Å². The Labute approximate surface area is 126 Å². The lowest BCUT2D eigenvalue weighted by Crippen LogP contribution is -2.50. The number of rotatable bonds is 15. The van der Waals surface area contributed by atoms with Crippen molar-refractivity contribution in [3.05, 3.63) is 0 Å². The first kappa shape index (κ1) is 23.0. The Morgan fingerprint density at radius 1 is 0.619 bits per heavy atom. The smallest absolute Gasteiger partial charge is 0.102 e. The molecule has 130 valence electrons. The maximum atomic E-state index is 8.68. The topological polar surface area (TPSA) is 118 Å². The van der Waals surface area contributed by atoms with Crippen LogP contribution in [0.3, 0.4) is 0 Å². The normalized spacial score (nSPS) is 11.4. The lowest BCUT2D eigenvalue weighted by atomic mass is 10.3. The highest BCUT2D eigenvalue weighted by atomic mass is 16.5. The molecular weight excluding hydrogens is 282 g/mol. The fraction of sp³-hybridized carbons (Fsp3) is 1.00. The van der Waals surface area contributed by atoms with Crippen molar-refractivity contribution in [2.45, 2.75) is 0 Å². The van der Waals surface area contributed by atoms with Crippen LogP contribution in [-0.2, 0) is 14.2 Å². The van der Waals surface area contributed by atoms with Crippen molar-refractivity contribution in [2.75, 3.05) is 86.1 Å². The van der Waals surface area contributed by atoms with Gasteiger partial charge in [0.25, 0.3) is 0 Å². The second-order valence-corrected chi connectivity index (χ2v) is 4.80.